The molecule has 16 heavy (non-hydrogen) atoms. The molecule has 0 aliphatic carbocycles. The van der Waals surface area contributed by atoms with Crippen LogP contribution in [0, 0.1) is 17.0 Å². The summed E-state index contributed by atoms with van der Waals surface area (Å²) < 4.78 is 37.4. The lowest BCUT2D eigenvalue weighted by Crippen LogP contribution is -2.10. The number of alkyl halides is 3. The van der Waals surface area contributed by atoms with Crippen molar-refractivity contribution < 1.29 is 23.2 Å². The molecule has 0 saturated carbocycles. The predicted octanol–water partition coefficient (Wildman–Crippen LogP) is 2.41. The summed E-state index contributed by atoms with van der Waals surface area (Å²) in [7, 11) is 0. The third-order valence-corrected chi connectivity index (χ3v) is 2.13. The van der Waals surface area contributed by atoms with Crippen LogP contribution in [-0.4, -0.2) is 10.0 Å². The van der Waals surface area contributed by atoms with E-state index in [9.17, 15) is 23.3 Å². The maximum Gasteiger partial charge on any atom is 0.423 e. The van der Waals surface area contributed by atoms with E-state index < -0.39 is 29.0 Å². The van der Waals surface area contributed by atoms with Gasteiger partial charge in [0.05, 0.1) is 11.5 Å². The smallest absolute Gasteiger partial charge is 0.392 e. The highest BCUT2D eigenvalue weighted by Crippen LogP contribution is 2.37. The van der Waals surface area contributed by atoms with Crippen LogP contribution in [0.5, 0.6) is 0 Å². The normalized spacial score (nSPS) is 11.6. The van der Waals surface area contributed by atoms with E-state index in [2.05, 4.69) is 0 Å². The molecule has 0 saturated heterocycles. The number of nitro benzene ring substituents is 1. The topological polar surface area (TPSA) is 63.4 Å². The molecule has 1 aromatic carbocycles. The third-order valence-electron chi connectivity index (χ3n) is 2.13. The van der Waals surface area contributed by atoms with Crippen molar-refractivity contribution in [1.29, 1.82) is 0 Å². The first kappa shape index (κ1) is 12.4. The molecule has 1 rings (SSSR count). The van der Waals surface area contributed by atoms with Gasteiger partial charge in [0.15, 0.2) is 0 Å². The number of aliphatic hydroxyl groups excluding tert-OH is 1. The summed E-state index contributed by atoms with van der Waals surface area (Å²) in [6.45, 7) is 0.815. The number of halogens is 3. The van der Waals surface area contributed by atoms with Crippen molar-refractivity contribution in [2.75, 3.05) is 0 Å². The molecule has 1 N–H and O–H groups in total. The molecule has 0 fully saturated rings. The van der Waals surface area contributed by atoms with Crippen molar-refractivity contribution in [3.63, 3.8) is 0 Å². The van der Waals surface area contributed by atoms with Crippen LogP contribution in [0.2, 0.25) is 0 Å². The lowest BCUT2D eigenvalue weighted by molar-refractivity contribution is -0.388. The van der Waals surface area contributed by atoms with E-state index >= 15 is 0 Å². The van der Waals surface area contributed by atoms with E-state index in [1.54, 1.807) is 0 Å². The van der Waals surface area contributed by atoms with Crippen molar-refractivity contribution in [1.82, 2.24) is 0 Å². The Morgan fingerprint density at radius 1 is 1.44 bits per heavy atom. The first-order valence-corrected chi connectivity index (χ1v) is 4.23. The molecule has 7 heteroatoms. The quantitative estimate of drug-likeness (QED) is 0.632. The minimum atomic E-state index is -4.78. The lowest BCUT2D eigenvalue weighted by Gasteiger charge is -2.10. The van der Waals surface area contributed by atoms with Crippen molar-refractivity contribution in [3.05, 3.63) is 38.9 Å². The second kappa shape index (κ2) is 4.09. The first-order chi connectivity index (χ1) is 7.27. The van der Waals surface area contributed by atoms with Crippen LogP contribution < -0.4 is 0 Å². The summed E-state index contributed by atoms with van der Waals surface area (Å²) in [5.41, 5.74) is -2.06. The third kappa shape index (κ3) is 2.30. The zero-order valence-electron chi connectivity index (χ0n) is 8.21. The van der Waals surface area contributed by atoms with Gasteiger partial charge in [0.25, 0.3) is 5.69 Å². The molecule has 0 bridgehead atoms. The monoisotopic (exact) mass is 235 g/mol. The molecule has 0 aromatic heterocycles. The maximum absolute atomic E-state index is 12.5. The highest BCUT2D eigenvalue weighted by atomic mass is 19.4. The average Bonchev–Trinajstić information content (AvgIpc) is 2.15. The van der Waals surface area contributed by atoms with Crippen LogP contribution >= 0.6 is 0 Å². The summed E-state index contributed by atoms with van der Waals surface area (Å²) >= 11 is 0. The second-order valence-corrected chi connectivity index (χ2v) is 3.21. The summed E-state index contributed by atoms with van der Waals surface area (Å²) in [4.78, 5) is 9.36. The molecule has 0 spiro atoms. The van der Waals surface area contributed by atoms with Gasteiger partial charge in [-0.15, -0.1) is 0 Å². The zero-order valence-corrected chi connectivity index (χ0v) is 8.21. The van der Waals surface area contributed by atoms with Gasteiger partial charge in [-0.2, -0.15) is 13.2 Å². The number of benzene rings is 1. The Bertz CT molecular complexity index is 429. The van der Waals surface area contributed by atoms with Gasteiger partial charge in [-0.1, -0.05) is 0 Å². The number of aryl methyl sites for hydroxylation is 1. The molecular formula is C9H8F3NO3. The first-order valence-electron chi connectivity index (χ1n) is 4.23. The number of nitro groups is 1. The van der Waals surface area contributed by atoms with Crippen molar-refractivity contribution in [3.8, 4) is 0 Å². The highest BCUT2D eigenvalue weighted by molar-refractivity contribution is 5.48. The Hall–Kier alpha value is -1.63. The van der Waals surface area contributed by atoms with E-state index in [-0.39, 0.29) is 11.1 Å². The largest absolute Gasteiger partial charge is 0.423 e. The fourth-order valence-corrected chi connectivity index (χ4v) is 1.29. The van der Waals surface area contributed by atoms with Gasteiger partial charge in [-0.05, 0) is 24.1 Å². The molecule has 88 valence electrons. The number of nitrogens with zero attached hydrogens (tertiary/aromatic N) is 1. The van der Waals surface area contributed by atoms with E-state index in [1.165, 1.54) is 6.92 Å². The fourth-order valence-electron chi connectivity index (χ4n) is 1.29. The van der Waals surface area contributed by atoms with Crippen LogP contribution in [0.1, 0.15) is 16.7 Å². The molecule has 0 heterocycles. The zero-order chi connectivity index (χ0) is 12.5. The number of aliphatic hydroxyl groups is 1. The van der Waals surface area contributed by atoms with Crippen molar-refractivity contribution in [2.24, 2.45) is 0 Å². The van der Waals surface area contributed by atoms with E-state index in [0.29, 0.717) is 6.07 Å². The second-order valence-electron chi connectivity index (χ2n) is 3.21. The molecule has 1 aromatic rings. The Morgan fingerprint density at radius 3 is 2.38 bits per heavy atom. The van der Waals surface area contributed by atoms with Gasteiger partial charge < -0.3 is 5.11 Å². The van der Waals surface area contributed by atoms with Gasteiger partial charge in [0.1, 0.15) is 5.56 Å². The van der Waals surface area contributed by atoms with E-state index in [0.717, 1.165) is 6.07 Å². The van der Waals surface area contributed by atoms with Crippen LogP contribution in [0.15, 0.2) is 12.1 Å². The van der Waals surface area contributed by atoms with Crippen LogP contribution in [0.25, 0.3) is 0 Å². The fraction of sp³-hybridized carbons (Fsp3) is 0.333. The summed E-state index contributed by atoms with van der Waals surface area (Å²) in [6, 6.07) is 1.42. The van der Waals surface area contributed by atoms with Crippen LogP contribution in [0.3, 0.4) is 0 Å². The van der Waals surface area contributed by atoms with Crippen LogP contribution in [-0.2, 0) is 12.8 Å². The summed E-state index contributed by atoms with van der Waals surface area (Å²) in [5.74, 6) is 0. The molecule has 4 nitrogen and oxygen atoms in total. The number of hydrogen-bond donors (Lipinski definition) is 1. The lowest BCUT2D eigenvalue weighted by atomic mass is 10.0. The number of rotatable bonds is 2. The molecule has 0 unspecified atom stereocenters. The van der Waals surface area contributed by atoms with E-state index in [1.807, 2.05) is 0 Å². The minimum Gasteiger partial charge on any atom is -0.392 e. The predicted molar refractivity (Wildman–Crippen MR) is 48.8 cm³/mol. The highest BCUT2D eigenvalue weighted by Gasteiger charge is 2.38. The van der Waals surface area contributed by atoms with Gasteiger partial charge in [-0.25, -0.2) is 0 Å². The van der Waals surface area contributed by atoms with Gasteiger partial charge >= 0.3 is 6.18 Å². The average molecular weight is 235 g/mol. The van der Waals surface area contributed by atoms with Crippen molar-refractivity contribution in [2.45, 2.75) is 19.7 Å². The van der Waals surface area contributed by atoms with Crippen LogP contribution in [0.4, 0.5) is 18.9 Å². The van der Waals surface area contributed by atoms with Gasteiger partial charge in [0, 0.05) is 6.07 Å². The molecule has 0 atom stereocenters. The Balaban J connectivity index is 3.49. The SMILES string of the molecule is Cc1cc(C(F)(F)F)c([N+](=O)[O-])cc1CO. The molecule has 0 radical (unpaired) electrons. The summed E-state index contributed by atoms with van der Waals surface area (Å²) in [5, 5.41) is 19.3. The number of hydrogen-bond acceptors (Lipinski definition) is 3. The minimum absolute atomic E-state index is 0.111. The van der Waals surface area contributed by atoms with E-state index in [4.69, 9.17) is 5.11 Å². The molecule has 0 aliphatic rings. The standard InChI is InChI=1S/C9H8F3NO3/c1-5-2-7(9(10,11)12)8(13(15)16)3-6(5)4-14/h2-3,14H,4H2,1H3. The summed E-state index contributed by atoms with van der Waals surface area (Å²) in [6.07, 6.45) is -4.78. The van der Waals surface area contributed by atoms with Gasteiger partial charge in [0.2, 0.25) is 0 Å². The molecule has 0 amide bonds. The molecule has 0 aliphatic heterocycles. The Labute approximate surface area is 88.5 Å². The van der Waals surface area contributed by atoms with Crippen molar-refractivity contribution >= 4 is 5.69 Å². The maximum atomic E-state index is 12.5. The van der Waals surface area contributed by atoms with Gasteiger partial charge in [-0.3, -0.25) is 10.1 Å². The Morgan fingerprint density at radius 2 is 2.00 bits per heavy atom. The molecular weight excluding hydrogens is 227 g/mol. The Kier molecular flexibility index (Phi) is 3.18.